The summed E-state index contributed by atoms with van der Waals surface area (Å²) in [6.07, 6.45) is 4.42. The van der Waals surface area contributed by atoms with Gasteiger partial charge in [0.05, 0.1) is 23.4 Å². The standard InChI is InChI=1S/C17H30N4O2S.HI/c1-4-16-20-14(13-24-16)12-19-17(18-2)21-8-6-15(7-9-21)23-11-5-10-22-3;/h13,15H,4-12H2,1-3H3,(H,18,19);1H. The molecule has 1 N–H and O–H groups in total. The zero-order valence-electron chi connectivity index (χ0n) is 15.5. The van der Waals surface area contributed by atoms with Gasteiger partial charge in [-0.05, 0) is 25.7 Å². The molecule has 25 heavy (non-hydrogen) atoms. The number of methoxy groups -OCH3 is 1. The molecule has 1 saturated heterocycles. The smallest absolute Gasteiger partial charge is 0.193 e. The lowest BCUT2D eigenvalue weighted by molar-refractivity contribution is 0.00989. The summed E-state index contributed by atoms with van der Waals surface area (Å²) < 4.78 is 11.0. The predicted octanol–water partition coefficient (Wildman–Crippen LogP) is 2.92. The lowest BCUT2D eigenvalue weighted by atomic mass is 10.1. The molecular weight excluding hydrogens is 451 g/mol. The van der Waals surface area contributed by atoms with E-state index in [-0.39, 0.29) is 24.0 Å². The van der Waals surface area contributed by atoms with Crippen LogP contribution in [0, 0.1) is 0 Å². The van der Waals surface area contributed by atoms with Gasteiger partial charge in [-0.15, -0.1) is 35.3 Å². The second-order valence-corrected chi connectivity index (χ2v) is 6.83. The van der Waals surface area contributed by atoms with Crippen molar-refractivity contribution in [2.24, 2.45) is 4.99 Å². The van der Waals surface area contributed by atoms with Crippen LogP contribution in [0.15, 0.2) is 10.4 Å². The highest BCUT2D eigenvalue weighted by Gasteiger charge is 2.21. The van der Waals surface area contributed by atoms with Crippen molar-refractivity contribution in [3.05, 3.63) is 16.1 Å². The minimum absolute atomic E-state index is 0. The lowest BCUT2D eigenvalue weighted by Gasteiger charge is -2.34. The summed E-state index contributed by atoms with van der Waals surface area (Å²) in [4.78, 5) is 11.3. The Balaban J connectivity index is 0.00000312. The van der Waals surface area contributed by atoms with Crippen LogP contribution < -0.4 is 5.32 Å². The molecular formula is C17H31IN4O2S. The van der Waals surface area contributed by atoms with Crippen molar-refractivity contribution in [2.45, 2.75) is 45.3 Å². The Morgan fingerprint density at radius 1 is 1.40 bits per heavy atom. The average molecular weight is 482 g/mol. The first-order valence-electron chi connectivity index (χ1n) is 8.76. The van der Waals surface area contributed by atoms with Gasteiger partial charge < -0.3 is 19.7 Å². The topological polar surface area (TPSA) is 59.0 Å². The molecule has 1 aliphatic heterocycles. The van der Waals surface area contributed by atoms with Crippen molar-refractivity contribution in [2.75, 3.05) is 40.5 Å². The maximum Gasteiger partial charge on any atom is 0.193 e. The average Bonchev–Trinajstić information content (AvgIpc) is 3.08. The van der Waals surface area contributed by atoms with Gasteiger partial charge in [-0.2, -0.15) is 0 Å². The van der Waals surface area contributed by atoms with Crippen LogP contribution in [-0.2, 0) is 22.4 Å². The van der Waals surface area contributed by atoms with E-state index in [1.165, 1.54) is 5.01 Å². The number of thiazole rings is 1. The number of rotatable bonds is 8. The van der Waals surface area contributed by atoms with E-state index in [9.17, 15) is 0 Å². The van der Waals surface area contributed by atoms with Crippen LogP contribution in [0.4, 0.5) is 0 Å². The number of guanidine groups is 1. The van der Waals surface area contributed by atoms with Crippen LogP contribution in [0.2, 0.25) is 0 Å². The lowest BCUT2D eigenvalue weighted by Crippen LogP contribution is -2.46. The number of halogens is 1. The minimum Gasteiger partial charge on any atom is -0.385 e. The summed E-state index contributed by atoms with van der Waals surface area (Å²) in [7, 11) is 3.57. The van der Waals surface area contributed by atoms with Crippen LogP contribution in [0.5, 0.6) is 0 Å². The Morgan fingerprint density at radius 2 is 2.16 bits per heavy atom. The molecule has 2 heterocycles. The van der Waals surface area contributed by atoms with Crippen molar-refractivity contribution in [1.29, 1.82) is 0 Å². The van der Waals surface area contributed by atoms with Gasteiger partial charge in [-0.1, -0.05) is 6.92 Å². The molecule has 8 heteroatoms. The number of piperidine rings is 1. The number of ether oxygens (including phenoxy) is 2. The number of hydrogen-bond acceptors (Lipinski definition) is 5. The van der Waals surface area contributed by atoms with Gasteiger partial charge in [-0.25, -0.2) is 4.98 Å². The van der Waals surface area contributed by atoms with Crippen LogP contribution in [-0.4, -0.2) is 62.4 Å². The van der Waals surface area contributed by atoms with Crippen molar-refractivity contribution in [1.82, 2.24) is 15.2 Å². The molecule has 144 valence electrons. The Kier molecular flexibility index (Phi) is 11.6. The fraction of sp³-hybridized carbons (Fsp3) is 0.765. The molecule has 0 radical (unpaired) electrons. The van der Waals surface area contributed by atoms with Gasteiger partial charge in [0.15, 0.2) is 5.96 Å². The molecule has 0 amide bonds. The van der Waals surface area contributed by atoms with E-state index in [1.807, 2.05) is 7.05 Å². The van der Waals surface area contributed by atoms with Crippen molar-refractivity contribution in [3.8, 4) is 0 Å². The number of aliphatic imine (C=N–C) groups is 1. The summed E-state index contributed by atoms with van der Waals surface area (Å²) in [5.74, 6) is 0.957. The summed E-state index contributed by atoms with van der Waals surface area (Å²) >= 11 is 1.73. The number of likely N-dealkylation sites (tertiary alicyclic amines) is 1. The number of hydrogen-bond donors (Lipinski definition) is 1. The van der Waals surface area contributed by atoms with Gasteiger partial charge in [-0.3, -0.25) is 4.99 Å². The molecule has 1 aliphatic rings. The van der Waals surface area contributed by atoms with Crippen LogP contribution >= 0.6 is 35.3 Å². The van der Waals surface area contributed by atoms with E-state index in [0.29, 0.717) is 6.10 Å². The van der Waals surface area contributed by atoms with Crippen molar-refractivity contribution >= 4 is 41.3 Å². The van der Waals surface area contributed by atoms with Crippen molar-refractivity contribution in [3.63, 3.8) is 0 Å². The van der Waals surface area contributed by atoms with Crippen molar-refractivity contribution < 1.29 is 9.47 Å². The third kappa shape index (κ3) is 7.76. The van der Waals surface area contributed by atoms with E-state index in [4.69, 9.17) is 9.47 Å². The summed E-state index contributed by atoms with van der Waals surface area (Å²) in [5, 5.41) is 6.74. The quantitative estimate of drug-likeness (QED) is 0.267. The summed E-state index contributed by atoms with van der Waals surface area (Å²) in [6, 6.07) is 0. The molecule has 0 aromatic carbocycles. The van der Waals surface area contributed by atoms with Crippen LogP contribution in [0.3, 0.4) is 0 Å². The number of aromatic nitrogens is 1. The van der Waals surface area contributed by atoms with Gasteiger partial charge >= 0.3 is 0 Å². The third-order valence-electron chi connectivity index (χ3n) is 4.13. The zero-order chi connectivity index (χ0) is 17.2. The highest BCUT2D eigenvalue weighted by molar-refractivity contribution is 14.0. The predicted molar refractivity (Wildman–Crippen MR) is 114 cm³/mol. The SMILES string of the molecule is CCc1nc(CNC(=NC)N2CCC(OCCCOC)CC2)cs1.I. The van der Waals surface area contributed by atoms with Gasteiger partial charge in [0.25, 0.3) is 0 Å². The molecule has 1 aromatic heterocycles. The Morgan fingerprint density at radius 3 is 2.76 bits per heavy atom. The highest BCUT2D eigenvalue weighted by atomic mass is 127. The molecule has 1 fully saturated rings. The van der Waals surface area contributed by atoms with E-state index in [2.05, 4.69) is 32.5 Å². The zero-order valence-corrected chi connectivity index (χ0v) is 18.6. The maximum absolute atomic E-state index is 5.92. The van der Waals surface area contributed by atoms with Crippen LogP contribution in [0.25, 0.3) is 0 Å². The second-order valence-electron chi connectivity index (χ2n) is 5.89. The molecule has 0 unspecified atom stereocenters. The first-order valence-corrected chi connectivity index (χ1v) is 9.64. The molecule has 0 spiro atoms. The Bertz CT molecular complexity index is 505. The first kappa shape index (κ1) is 22.6. The Hall–Kier alpha value is -0.450. The second kappa shape index (κ2) is 12.8. The molecule has 0 aliphatic carbocycles. The molecule has 0 atom stereocenters. The first-order chi connectivity index (χ1) is 11.8. The molecule has 0 bridgehead atoms. The van der Waals surface area contributed by atoms with Crippen LogP contribution in [0.1, 0.15) is 36.9 Å². The maximum atomic E-state index is 5.92. The molecule has 6 nitrogen and oxygen atoms in total. The molecule has 0 saturated carbocycles. The van der Waals surface area contributed by atoms with Gasteiger partial charge in [0.1, 0.15) is 0 Å². The highest BCUT2D eigenvalue weighted by Crippen LogP contribution is 2.15. The third-order valence-corrected chi connectivity index (χ3v) is 5.17. The van der Waals surface area contributed by atoms with E-state index >= 15 is 0 Å². The largest absolute Gasteiger partial charge is 0.385 e. The number of nitrogens with zero attached hydrogens (tertiary/aromatic N) is 3. The van der Waals surface area contributed by atoms with Gasteiger partial charge in [0, 0.05) is 45.8 Å². The normalized spacial score (nSPS) is 16.0. The van der Waals surface area contributed by atoms with E-state index in [0.717, 1.165) is 70.2 Å². The van der Waals surface area contributed by atoms with E-state index in [1.54, 1.807) is 18.4 Å². The minimum atomic E-state index is 0. The summed E-state index contributed by atoms with van der Waals surface area (Å²) in [6.45, 7) is 6.38. The monoisotopic (exact) mass is 482 g/mol. The number of nitrogens with one attached hydrogen (secondary N) is 1. The number of aryl methyl sites for hydroxylation is 1. The molecule has 1 aromatic rings. The molecule has 2 rings (SSSR count). The van der Waals surface area contributed by atoms with Gasteiger partial charge in [0.2, 0.25) is 0 Å². The fourth-order valence-electron chi connectivity index (χ4n) is 2.78. The van der Waals surface area contributed by atoms with E-state index < -0.39 is 0 Å². The fourth-order valence-corrected chi connectivity index (χ4v) is 3.53. The Labute approximate surface area is 172 Å². The summed E-state index contributed by atoms with van der Waals surface area (Å²) in [5.41, 5.74) is 1.09.